The number of rotatable bonds is 28. The summed E-state index contributed by atoms with van der Waals surface area (Å²) in [6.45, 7) is 4.14. The number of amides is 1. The summed E-state index contributed by atoms with van der Waals surface area (Å²) in [4.78, 5) is 12.2. The third-order valence-electron chi connectivity index (χ3n) is 7.02. The zero-order valence-electron chi connectivity index (χ0n) is 25.6. The normalized spacial score (nSPS) is 13.8. The number of hydrogen-bond acceptors (Lipinski definition) is 3. The van der Waals surface area contributed by atoms with Crippen molar-refractivity contribution in [2.45, 2.75) is 161 Å². The molecule has 0 spiro atoms. The summed E-state index contributed by atoms with van der Waals surface area (Å²) in [6, 6.07) is -0.644. The fourth-order valence-corrected chi connectivity index (χ4v) is 4.50. The van der Waals surface area contributed by atoms with Crippen LogP contribution in [0.15, 0.2) is 48.6 Å². The van der Waals surface area contributed by atoms with E-state index < -0.39 is 12.1 Å². The first-order valence-corrected chi connectivity index (χ1v) is 16.4. The fourth-order valence-electron chi connectivity index (χ4n) is 4.50. The number of carbonyl (C=O) groups excluding carboxylic acids is 1. The van der Waals surface area contributed by atoms with Gasteiger partial charge in [-0.1, -0.05) is 127 Å². The maximum absolute atomic E-state index is 12.2. The summed E-state index contributed by atoms with van der Waals surface area (Å²) < 4.78 is 0. The second kappa shape index (κ2) is 30.9. The molecule has 0 fully saturated rings. The highest BCUT2D eigenvalue weighted by atomic mass is 16.3. The predicted molar refractivity (Wildman–Crippen MR) is 170 cm³/mol. The van der Waals surface area contributed by atoms with E-state index >= 15 is 0 Å². The molecular formula is C35H63NO3. The summed E-state index contributed by atoms with van der Waals surface area (Å²) in [5.74, 6) is -0.0886. The first-order valence-electron chi connectivity index (χ1n) is 16.4. The van der Waals surface area contributed by atoms with Crippen LogP contribution in [0.3, 0.4) is 0 Å². The molecule has 0 aliphatic heterocycles. The lowest BCUT2D eigenvalue weighted by Gasteiger charge is -2.19. The molecule has 2 unspecified atom stereocenters. The molecule has 0 heterocycles. The van der Waals surface area contributed by atoms with Gasteiger partial charge in [-0.3, -0.25) is 4.79 Å². The minimum absolute atomic E-state index is 0.0886. The Morgan fingerprint density at radius 3 is 1.62 bits per heavy atom. The van der Waals surface area contributed by atoms with Crippen LogP contribution in [0.5, 0.6) is 0 Å². The number of unbranched alkanes of at least 4 members (excludes halogenated alkanes) is 15. The van der Waals surface area contributed by atoms with Crippen molar-refractivity contribution in [1.29, 1.82) is 0 Å². The van der Waals surface area contributed by atoms with Gasteiger partial charge in [0.25, 0.3) is 0 Å². The maximum atomic E-state index is 12.2. The van der Waals surface area contributed by atoms with Crippen molar-refractivity contribution in [2.24, 2.45) is 0 Å². The predicted octanol–water partition coefficient (Wildman–Crippen LogP) is 9.28. The molecule has 1 amide bonds. The number of hydrogen-bond donors (Lipinski definition) is 3. The van der Waals surface area contributed by atoms with Crippen molar-refractivity contribution in [3.05, 3.63) is 48.6 Å². The Balaban J connectivity index is 3.69. The maximum Gasteiger partial charge on any atom is 0.220 e. The summed E-state index contributed by atoms with van der Waals surface area (Å²) in [6.07, 6.45) is 40.5. The van der Waals surface area contributed by atoms with Gasteiger partial charge < -0.3 is 15.5 Å². The largest absolute Gasteiger partial charge is 0.394 e. The third kappa shape index (κ3) is 27.7. The lowest BCUT2D eigenvalue weighted by Crippen LogP contribution is -2.45. The molecule has 0 aromatic rings. The van der Waals surface area contributed by atoms with Gasteiger partial charge in [0.2, 0.25) is 5.91 Å². The van der Waals surface area contributed by atoms with Crippen LogP contribution in [-0.2, 0) is 4.79 Å². The molecular weight excluding hydrogens is 482 g/mol. The molecule has 0 aliphatic rings. The Labute approximate surface area is 242 Å². The molecule has 226 valence electrons. The molecule has 3 N–H and O–H groups in total. The van der Waals surface area contributed by atoms with Crippen molar-refractivity contribution in [1.82, 2.24) is 5.32 Å². The van der Waals surface area contributed by atoms with E-state index in [4.69, 9.17) is 0 Å². The highest BCUT2D eigenvalue weighted by Crippen LogP contribution is 2.11. The minimum atomic E-state index is -0.868. The number of nitrogens with one attached hydrogen (secondary N) is 1. The van der Waals surface area contributed by atoms with Gasteiger partial charge >= 0.3 is 0 Å². The molecule has 0 saturated carbocycles. The first-order chi connectivity index (χ1) is 19.2. The number of aliphatic hydroxyl groups excluding tert-OH is 2. The Morgan fingerprint density at radius 1 is 0.615 bits per heavy atom. The second-order valence-electron chi connectivity index (χ2n) is 10.8. The topological polar surface area (TPSA) is 69.6 Å². The fraction of sp³-hybridized carbons (Fsp3) is 0.743. The van der Waals surface area contributed by atoms with Gasteiger partial charge in [0.1, 0.15) is 0 Å². The third-order valence-corrected chi connectivity index (χ3v) is 7.02. The first kappa shape index (κ1) is 37.4. The monoisotopic (exact) mass is 545 g/mol. The molecule has 0 saturated heterocycles. The summed E-state index contributed by atoms with van der Waals surface area (Å²) >= 11 is 0. The van der Waals surface area contributed by atoms with Crippen LogP contribution in [0.4, 0.5) is 0 Å². The van der Waals surface area contributed by atoms with E-state index in [1.54, 1.807) is 6.08 Å². The average molecular weight is 546 g/mol. The Hall–Kier alpha value is -1.65. The number of aliphatic hydroxyl groups is 2. The summed E-state index contributed by atoms with van der Waals surface area (Å²) in [5, 5.41) is 22.7. The SMILES string of the molecule is CC/C=C/CC/C=C/CC/C=C/C(O)C(CO)NC(=O)CCCCCCCCC/C=C\CCCCCCCC. The number of allylic oxidation sites excluding steroid dienone is 7. The van der Waals surface area contributed by atoms with E-state index in [9.17, 15) is 15.0 Å². The van der Waals surface area contributed by atoms with Gasteiger partial charge in [0, 0.05) is 6.42 Å². The Morgan fingerprint density at radius 2 is 1.08 bits per heavy atom. The standard InChI is InChI=1S/C35H63NO3/c1-3-5-7-9-11-13-15-16-17-18-19-20-21-23-25-27-29-31-35(39)36-33(32-37)34(38)30-28-26-24-22-14-12-10-8-6-4-2/h6,8,14,16-17,22,28,30,33-34,37-38H,3-5,7,9-13,15,18-21,23-27,29,31-32H2,1-2H3,(H,36,39)/b8-6+,17-16-,22-14+,30-28+. The van der Waals surface area contributed by atoms with E-state index in [2.05, 4.69) is 55.6 Å². The molecule has 4 heteroatoms. The molecule has 0 aromatic heterocycles. The summed E-state index contributed by atoms with van der Waals surface area (Å²) in [5.41, 5.74) is 0. The quantitative estimate of drug-likeness (QED) is 0.0677. The smallest absolute Gasteiger partial charge is 0.220 e. The van der Waals surface area contributed by atoms with E-state index in [1.165, 1.54) is 83.5 Å². The van der Waals surface area contributed by atoms with Crippen LogP contribution in [0, 0.1) is 0 Å². The van der Waals surface area contributed by atoms with E-state index in [-0.39, 0.29) is 12.5 Å². The number of carbonyl (C=O) groups is 1. The molecule has 4 nitrogen and oxygen atoms in total. The van der Waals surface area contributed by atoms with Crippen molar-refractivity contribution >= 4 is 5.91 Å². The zero-order chi connectivity index (χ0) is 28.7. The van der Waals surface area contributed by atoms with Crippen LogP contribution >= 0.6 is 0 Å². The molecule has 0 radical (unpaired) electrons. The Bertz CT molecular complexity index is 638. The Kier molecular flexibility index (Phi) is 29.6. The van der Waals surface area contributed by atoms with Crippen molar-refractivity contribution in [3.8, 4) is 0 Å². The molecule has 0 aromatic carbocycles. The van der Waals surface area contributed by atoms with E-state index in [1.807, 2.05) is 6.08 Å². The van der Waals surface area contributed by atoms with Gasteiger partial charge in [-0.25, -0.2) is 0 Å². The van der Waals surface area contributed by atoms with Crippen LogP contribution in [0.2, 0.25) is 0 Å². The van der Waals surface area contributed by atoms with Gasteiger partial charge in [-0.15, -0.1) is 0 Å². The van der Waals surface area contributed by atoms with Crippen LogP contribution in [0.25, 0.3) is 0 Å². The minimum Gasteiger partial charge on any atom is -0.394 e. The van der Waals surface area contributed by atoms with Crippen LogP contribution in [0.1, 0.15) is 149 Å². The average Bonchev–Trinajstić information content (AvgIpc) is 2.94. The second-order valence-corrected chi connectivity index (χ2v) is 10.8. The highest BCUT2D eigenvalue weighted by molar-refractivity contribution is 5.76. The van der Waals surface area contributed by atoms with Crippen molar-refractivity contribution < 1.29 is 15.0 Å². The molecule has 0 aliphatic carbocycles. The molecule has 2 atom stereocenters. The lowest BCUT2D eigenvalue weighted by molar-refractivity contribution is -0.123. The van der Waals surface area contributed by atoms with Gasteiger partial charge in [-0.2, -0.15) is 0 Å². The summed E-state index contributed by atoms with van der Waals surface area (Å²) in [7, 11) is 0. The van der Waals surface area contributed by atoms with Gasteiger partial charge in [0.15, 0.2) is 0 Å². The van der Waals surface area contributed by atoms with Gasteiger partial charge in [0.05, 0.1) is 18.8 Å². The zero-order valence-corrected chi connectivity index (χ0v) is 25.6. The molecule has 0 rings (SSSR count). The lowest BCUT2D eigenvalue weighted by atomic mass is 10.1. The van der Waals surface area contributed by atoms with Crippen LogP contribution < -0.4 is 5.32 Å². The van der Waals surface area contributed by atoms with Crippen molar-refractivity contribution in [2.75, 3.05) is 6.61 Å². The van der Waals surface area contributed by atoms with E-state index in [0.717, 1.165) is 44.9 Å². The highest BCUT2D eigenvalue weighted by Gasteiger charge is 2.17. The molecule has 0 bridgehead atoms. The van der Waals surface area contributed by atoms with Crippen LogP contribution in [-0.4, -0.2) is 34.9 Å². The van der Waals surface area contributed by atoms with Gasteiger partial charge in [-0.05, 0) is 64.2 Å². The van der Waals surface area contributed by atoms with E-state index in [0.29, 0.717) is 6.42 Å². The molecule has 39 heavy (non-hydrogen) atoms. The van der Waals surface area contributed by atoms with Crippen molar-refractivity contribution in [3.63, 3.8) is 0 Å².